The van der Waals surface area contributed by atoms with Crippen molar-refractivity contribution < 1.29 is 9.21 Å². The number of aryl methyl sites for hydroxylation is 1. The van der Waals surface area contributed by atoms with Crippen LogP contribution in [0.15, 0.2) is 40.4 Å². The summed E-state index contributed by atoms with van der Waals surface area (Å²) in [5.74, 6) is 1.34. The Morgan fingerprint density at radius 3 is 2.94 bits per heavy atom. The van der Waals surface area contributed by atoms with Gasteiger partial charge in [0.15, 0.2) is 12.0 Å². The molecule has 0 atom stereocenters. The van der Waals surface area contributed by atoms with Crippen LogP contribution in [-0.2, 0) is 6.42 Å². The summed E-state index contributed by atoms with van der Waals surface area (Å²) in [4.78, 5) is 10.4. The summed E-state index contributed by atoms with van der Waals surface area (Å²) in [5, 5.41) is 0. The summed E-state index contributed by atoms with van der Waals surface area (Å²) in [6, 6.07) is 3.61. The minimum absolute atomic E-state index is 0.426. The van der Waals surface area contributed by atoms with Crippen LogP contribution in [0.2, 0.25) is 0 Å². The number of carbonyl (C=O) groups excluding carboxylic acids is 1. The Hall–Kier alpha value is -1.57. The average molecular weight is 216 g/mol. The first-order chi connectivity index (χ1) is 7.88. The standard InChI is InChI=1S/C14H16O2/c15-11-14-10-9-13(16-14)8-4-7-12-5-2-1-3-6-12/h1-2,5,9-11H,3-4,6-8H2. The van der Waals surface area contributed by atoms with E-state index in [0.29, 0.717) is 5.76 Å². The second-order valence-corrected chi connectivity index (χ2v) is 4.07. The molecule has 1 aliphatic rings. The fourth-order valence-corrected chi connectivity index (χ4v) is 1.94. The molecule has 0 fully saturated rings. The van der Waals surface area contributed by atoms with Gasteiger partial charge in [0.1, 0.15) is 5.76 Å². The Labute approximate surface area is 95.7 Å². The van der Waals surface area contributed by atoms with E-state index < -0.39 is 0 Å². The molecule has 1 heterocycles. The average Bonchev–Trinajstić information content (AvgIpc) is 2.78. The van der Waals surface area contributed by atoms with Gasteiger partial charge in [0.05, 0.1) is 0 Å². The predicted octanol–water partition coefficient (Wildman–Crippen LogP) is 3.69. The maximum atomic E-state index is 10.4. The first-order valence-corrected chi connectivity index (χ1v) is 5.77. The van der Waals surface area contributed by atoms with Crippen LogP contribution in [0.4, 0.5) is 0 Å². The van der Waals surface area contributed by atoms with Crippen molar-refractivity contribution in [3.8, 4) is 0 Å². The minimum Gasteiger partial charge on any atom is -0.458 e. The molecule has 0 saturated carbocycles. The van der Waals surface area contributed by atoms with Crippen molar-refractivity contribution in [2.24, 2.45) is 0 Å². The summed E-state index contributed by atoms with van der Waals surface area (Å²) < 4.78 is 5.32. The zero-order valence-corrected chi connectivity index (χ0v) is 9.32. The number of hydrogen-bond acceptors (Lipinski definition) is 2. The molecule has 0 amide bonds. The number of carbonyl (C=O) groups is 1. The smallest absolute Gasteiger partial charge is 0.185 e. The predicted molar refractivity (Wildman–Crippen MR) is 63.5 cm³/mol. The lowest BCUT2D eigenvalue weighted by molar-refractivity contribution is 0.109. The lowest BCUT2D eigenvalue weighted by Crippen LogP contribution is -1.90. The Bertz CT molecular complexity index is 410. The summed E-state index contributed by atoms with van der Waals surface area (Å²) in [6.07, 6.45) is 12.8. The molecule has 0 radical (unpaired) electrons. The number of furan rings is 1. The minimum atomic E-state index is 0.426. The van der Waals surface area contributed by atoms with Gasteiger partial charge in [-0.3, -0.25) is 4.79 Å². The van der Waals surface area contributed by atoms with Crippen molar-refractivity contribution in [1.82, 2.24) is 0 Å². The Kier molecular flexibility index (Phi) is 3.76. The quantitative estimate of drug-likeness (QED) is 0.702. The third-order valence-electron chi connectivity index (χ3n) is 2.82. The largest absolute Gasteiger partial charge is 0.458 e. The monoisotopic (exact) mass is 216 g/mol. The fraction of sp³-hybridized carbons (Fsp3) is 0.357. The summed E-state index contributed by atoms with van der Waals surface area (Å²) >= 11 is 0. The van der Waals surface area contributed by atoms with E-state index in [-0.39, 0.29) is 0 Å². The van der Waals surface area contributed by atoms with Gasteiger partial charge in [0.2, 0.25) is 0 Å². The van der Waals surface area contributed by atoms with Crippen molar-refractivity contribution in [3.63, 3.8) is 0 Å². The van der Waals surface area contributed by atoms with Gasteiger partial charge in [-0.1, -0.05) is 23.8 Å². The first-order valence-electron chi connectivity index (χ1n) is 5.77. The second-order valence-electron chi connectivity index (χ2n) is 4.07. The number of rotatable bonds is 5. The van der Waals surface area contributed by atoms with E-state index in [1.165, 1.54) is 18.4 Å². The van der Waals surface area contributed by atoms with E-state index in [9.17, 15) is 4.79 Å². The topological polar surface area (TPSA) is 30.2 Å². The fourth-order valence-electron chi connectivity index (χ4n) is 1.94. The highest BCUT2D eigenvalue weighted by Crippen LogP contribution is 2.18. The zero-order valence-electron chi connectivity index (χ0n) is 9.32. The van der Waals surface area contributed by atoms with Crippen molar-refractivity contribution in [2.45, 2.75) is 32.1 Å². The molecule has 0 aromatic carbocycles. The van der Waals surface area contributed by atoms with Gasteiger partial charge in [-0.2, -0.15) is 0 Å². The van der Waals surface area contributed by atoms with Gasteiger partial charge in [-0.15, -0.1) is 0 Å². The molecule has 0 N–H and O–H groups in total. The molecule has 1 aromatic heterocycles. The molecule has 0 bridgehead atoms. The van der Waals surface area contributed by atoms with Crippen molar-refractivity contribution in [2.75, 3.05) is 0 Å². The van der Waals surface area contributed by atoms with Crippen molar-refractivity contribution >= 4 is 6.29 Å². The van der Waals surface area contributed by atoms with E-state index in [1.807, 2.05) is 6.07 Å². The van der Waals surface area contributed by atoms with Crippen LogP contribution < -0.4 is 0 Å². The van der Waals surface area contributed by atoms with E-state index >= 15 is 0 Å². The number of aldehydes is 1. The van der Waals surface area contributed by atoms with E-state index in [2.05, 4.69) is 18.2 Å². The number of hydrogen-bond donors (Lipinski definition) is 0. The molecule has 0 saturated heterocycles. The van der Waals surface area contributed by atoms with Gasteiger partial charge in [0, 0.05) is 6.42 Å². The SMILES string of the molecule is O=Cc1ccc(CCCC2=CC=CCC2)o1. The van der Waals surface area contributed by atoms with E-state index in [0.717, 1.165) is 31.3 Å². The van der Waals surface area contributed by atoms with Crippen LogP contribution in [-0.4, -0.2) is 6.29 Å². The summed E-state index contributed by atoms with van der Waals surface area (Å²) in [7, 11) is 0. The first kappa shape index (κ1) is 10.9. The van der Waals surface area contributed by atoms with Crippen LogP contribution in [0.5, 0.6) is 0 Å². The maximum Gasteiger partial charge on any atom is 0.185 e. The van der Waals surface area contributed by atoms with Gasteiger partial charge in [-0.05, 0) is 37.8 Å². The normalized spacial score (nSPS) is 14.9. The lowest BCUT2D eigenvalue weighted by Gasteiger charge is -2.07. The Morgan fingerprint density at radius 1 is 1.31 bits per heavy atom. The molecule has 1 aliphatic carbocycles. The summed E-state index contributed by atoms with van der Waals surface area (Å²) in [5.41, 5.74) is 1.52. The molecule has 16 heavy (non-hydrogen) atoms. The van der Waals surface area contributed by atoms with Crippen LogP contribution in [0, 0.1) is 0 Å². The highest BCUT2D eigenvalue weighted by Gasteiger charge is 2.03. The molecule has 2 heteroatoms. The van der Waals surface area contributed by atoms with Crippen LogP contribution in [0.1, 0.15) is 42.0 Å². The second kappa shape index (κ2) is 5.50. The van der Waals surface area contributed by atoms with Gasteiger partial charge in [-0.25, -0.2) is 0 Å². The maximum absolute atomic E-state index is 10.4. The highest BCUT2D eigenvalue weighted by molar-refractivity contribution is 5.70. The van der Waals surface area contributed by atoms with Crippen LogP contribution in [0.25, 0.3) is 0 Å². The molecule has 1 aromatic rings. The van der Waals surface area contributed by atoms with Gasteiger partial charge >= 0.3 is 0 Å². The van der Waals surface area contributed by atoms with Crippen LogP contribution >= 0.6 is 0 Å². The molecular formula is C14H16O2. The highest BCUT2D eigenvalue weighted by atomic mass is 16.3. The van der Waals surface area contributed by atoms with E-state index in [1.54, 1.807) is 6.07 Å². The molecule has 2 rings (SSSR count). The van der Waals surface area contributed by atoms with Gasteiger partial charge in [0.25, 0.3) is 0 Å². The molecule has 0 unspecified atom stereocenters. The molecular weight excluding hydrogens is 200 g/mol. The van der Waals surface area contributed by atoms with E-state index in [4.69, 9.17) is 4.42 Å². The molecule has 0 aliphatic heterocycles. The third kappa shape index (κ3) is 2.96. The Balaban J connectivity index is 1.77. The lowest BCUT2D eigenvalue weighted by atomic mass is 9.99. The Morgan fingerprint density at radius 2 is 2.25 bits per heavy atom. The van der Waals surface area contributed by atoms with Crippen LogP contribution in [0.3, 0.4) is 0 Å². The van der Waals surface area contributed by atoms with Gasteiger partial charge < -0.3 is 4.42 Å². The van der Waals surface area contributed by atoms with Crippen molar-refractivity contribution in [1.29, 1.82) is 0 Å². The van der Waals surface area contributed by atoms with Crippen molar-refractivity contribution in [3.05, 3.63) is 47.5 Å². The third-order valence-corrected chi connectivity index (χ3v) is 2.82. The molecule has 0 spiro atoms. The molecule has 2 nitrogen and oxygen atoms in total. The summed E-state index contributed by atoms with van der Waals surface area (Å²) in [6.45, 7) is 0. The number of allylic oxidation sites excluding steroid dienone is 4. The zero-order chi connectivity index (χ0) is 11.2. The molecule has 84 valence electrons.